The number of hydrogen-bond acceptors (Lipinski definition) is 5. The molecule has 0 spiro atoms. The van der Waals surface area contributed by atoms with E-state index in [1.54, 1.807) is 31.0 Å². The van der Waals surface area contributed by atoms with Crippen molar-refractivity contribution in [1.29, 1.82) is 0 Å². The maximum Gasteiger partial charge on any atom is 0.126 e. The Kier molecular flexibility index (Phi) is 3.75. The molecule has 0 saturated heterocycles. The molecule has 0 bridgehead atoms. The largest absolute Gasteiger partial charge is 0.508 e. The molecule has 1 heterocycles. The molecule has 108 valence electrons. The topological polar surface area (TPSA) is 53.9 Å². The lowest BCUT2D eigenvalue weighted by molar-refractivity contribution is 0.410. The second kappa shape index (κ2) is 5.69. The summed E-state index contributed by atoms with van der Waals surface area (Å²) in [5.74, 6) is 0.954. The number of nitrogens with zero attached hydrogens (tertiary/aromatic N) is 1. The third kappa shape index (κ3) is 2.83. The molecular formula is C16H16N2O2S. The quantitative estimate of drug-likeness (QED) is 0.912. The molecule has 3 rings (SSSR count). The van der Waals surface area contributed by atoms with Crippen LogP contribution >= 0.6 is 11.8 Å². The lowest BCUT2D eigenvalue weighted by atomic mass is 10.2. The Balaban J connectivity index is 1.81. The van der Waals surface area contributed by atoms with Crippen LogP contribution in [0.4, 0.5) is 0 Å². The van der Waals surface area contributed by atoms with Crippen LogP contribution in [0.3, 0.4) is 0 Å². The summed E-state index contributed by atoms with van der Waals surface area (Å²) in [7, 11) is 1.61. The monoisotopic (exact) mass is 300 g/mol. The molecule has 5 heteroatoms. The number of ether oxygens (including phenoxy) is 1. The number of phenolic OH excluding ortho intramolecular Hbond substituents is 1. The summed E-state index contributed by atoms with van der Waals surface area (Å²) >= 11 is 1.58. The Labute approximate surface area is 127 Å². The third-order valence-electron chi connectivity index (χ3n) is 3.33. The number of aromatic hydroxyl groups is 1. The van der Waals surface area contributed by atoms with Gasteiger partial charge in [0.05, 0.1) is 7.11 Å². The number of rotatable bonds is 3. The van der Waals surface area contributed by atoms with Gasteiger partial charge >= 0.3 is 0 Å². The lowest BCUT2D eigenvalue weighted by Gasteiger charge is -2.12. The first-order valence-electron chi connectivity index (χ1n) is 6.61. The van der Waals surface area contributed by atoms with Gasteiger partial charge in [-0.1, -0.05) is 41.6 Å². The molecule has 0 fully saturated rings. The van der Waals surface area contributed by atoms with Crippen molar-refractivity contribution in [3.63, 3.8) is 0 Å². The Bertz CT molecular complexity index is 683. The molecule has 4 nitrogen and oxygen atoms in total. The van der Waals surface area contributed by atoms with Gasteiger partial charge < -0.3 is 9.84 Å². The van der Waals surface area contributed by atoms with E-state index in [1.807, 2.05) is 6.07 Å². The minimum Gasteiger partial charge on any atom is -0.508 e. The summed E-state index contributed by atoms with van der Waals surface area (Å²) in [5, 5.41) is 15.2. The molecule has 0 unspecified atom stereocenters. The zero-order valence-corrected chi connectivity index (χ0v) is 12.6. The molecule has 0 amide bonds. The van der Waals surface area contributed by atoms with Crippen molar-refractivity contribution in [2.45, 2.75) is 12.3 Å². The first kappa shape index (κ1) is 13.8. The van der Waals surface area contributed by atoms with Crippen molar-refractivity contribution in [2.75, 3.05) is 7.11 Å². The maximum atomic E-state index is 10.0. The van der Waals surface area contributed by atoms with Gasteiger partial charge in [-0.15, -0.1) is 0 Å². The van der Waals surface area contributed by atoms with Gasteiger partial charge in [-0.3, -0.25) is 5.43 Å². The molecule has 0 saturated carbocycles. The molecule has 1 atom stereocenters. The predicted molar refractivity (Wildman–Crippen MR) is 85.8 cm³/mol. The van der Waals surface area contributed by atoms with Crippen molar-refractivity contribution < 1.29 is 9.84 Å². The van der Waals surface area contributed by atoms with Crippen molar-refractivity contribution in [2.24, 2.45) is 5.10 Å². The van der Waals surface area contributed by atoms with E-state index in [0.717, 1.165) is 16.2 Å². The number of aryl methyl sites for hydroxylation is 1. The number of hydrogen-bond donors (Lipinski definition) is 2. The SMILES string of the molecule is COc1ccc(O)c([C@H]2NN=C(c3ccc(C)cc3)S2)c1. The fourth-order valence-electron chi connectivity index (χ4n) is 2.11. The third-order valence-corrected chi connectivity index (χ3v) is 4.47. The van der Waals surface area contributed by atoms with Crippen LogP contribution in [0.1, 0.15) is 22.1 Å². The van der Waals surface area contributed by atoms with E-state index in [0.29, 0.717) is 5.75 Å². The number of phenols is 1. The summed E-state index contributed by atoms with van der Waals surface area (Å²) in [6.07, 6.45) is 0. The Morgan fingerprint density at radius 2 is 1.95 bits per heavy atom. The van der Waals surface area contributed by atoms with Gasteiger partial charge in [0.2, 0.25) is 0 Å². The molecule has 2 aromatic carbocycles. The van der Waals surface area contributed by atoms with Crippen molar-refractivity contribution in [1.82, 2.24) is 5.43 Å². The number of methoxy groups -OCH3 is 1. The molecule has 2 aromatic rings. The second-order valence-corrected chi connectivity index (χ2v) is 5.93. The summed E-state index contributed by atoms with van der Waals surface area (Å²) in [6, 6.07) is 13.4. The van der Waals surface area contributed by atoms with E-state index in [9.17, 15) is 5.11 Å². The van der Waals surface area contributed by atoms with Crippen molar-refractivity contribution >= 4 is 16.8 Å². The number of benzene rings is 2. The molecule has 1 aliphatic heterocycles. The fourth-order valence-corrected chi connectivity index (χ4v) is 3.13. The van der Waals surface area contributed by atoms with Crippen LogP contribution in [0, 0.1) is 6.92 Å². The van der Waals surface area contributed by atoms with Crippen LogP contribution < -0.4 is 10.2 Å². The van der Waals surface area contributed by atoms with E-state index in [1.165, 1.54) is 5.56 Å². The van der Waals surface area contributed by atoms with Crippen LogP contribution in [0.2, 0.25) is 0 Å². The first-order valence-corrected chi connectivity index (χ1v) is 7.49. The average molecular weight is 300 g/mol. The molecule has 2 N–H and O–H groups in total. The Morgan fingerprint density at radius 1 is 1.19 bits per heavy atom. The normalized spacial score (nSPS) is 17.2. The summed E-state index contributed by atoms with van der Waals surface area (Å²) < 4.78 is 5.21. The van der Waals surface area contributed by atoms with Crippen LogP contribution in [-0.2, 0) is 0 Å². The van der Waals surface area contributed by atoms with Gasteiger partial charge in [0.25, 0.3) is 0 Å². The fraction of sp³-hybridized carbons (Fsp3) is 0.188. The van der Waals surface area contributed by atoms with Gasteiger partial charge in [0.15, 0.2) is 0 Å². The van der Waals surface area contributed by atoms with Gasteiger partial charge in [-0.2, -0.15) is 5.10 Å². The number of thioether (sulfide) groups is 1. The predicted octanol–water partition coefficient (Wildman–Crippen LogP) is 3.41. The zero-order valence-electron chi connectivity index (χ0n) is 11.8. The van der Waals surface area contributed by atoms with E-state index >= 15 is 0 Å². The highest BCUT2D eigenvalue weighted by Gasteiger charge is 2.24. The summed E-state index contributed by atoms with van der Waals surface area (Å²) in [4.78, 5) is 0. The van der Waals surface area contributed by atoms with Crippen LogP contribution in [0.15, 0.2) is 47.6 Å². The average Bonchev–Trinajstić information content (AvgIpc) is 2.98. The molecule has 0 aromatic heterocycles. The van der Waals surface area contributed by atoms with Gasteiger partial charge in [0, 0.05) is 11.1 Å². The minimum atomic E-state index is -0.114. The lowest BCUT2D eigenvalue weighted by Crippen LogP contribution is -2.07. The Hall–Kier alpha value is -2.14. The number of hydrazone groups is 1. The Morgan fingerprint density at radius 3 is 2.67 bits per heavy atom. The maximum absolute atomic E-state index is 10.0. The van der Waals surface area contributed by atoms with Gasteiger partial charge in [-0.05, 0) is 25.1 Å². The minimum absolute atomic E-state index is 0.114. The molecule has 21 heavy (non-hydrogen) atoms. The zero-order chi connectivity index (χ0) is 14.8. The van der Waals surface area contributed by atoms with Crippen LogP contribution in [-0.4, -0.2) is 17.3 Å². The van der Waals surface area contributed by atoms with E-state index < -0.39 is 0 Å². The molecule has 0 aliphatic carbocycles. The highest BCUT2D eigenvalue weighted by molar-refractivity contribution is 8.14. The van der Waals surface area contributed by atoms with E-state index in [2.05, 4.69) is 41.7 Å². The summed E-state index contributed by atoms with van der Waals surface area (Å²) in [5.41, 5.74) is 6.12. The van der Waals surface area contributed by atoms with Crippen molar-refractivity contribution in [3.05, 3.63) is 59.2 Å². The standard InChI is InChI=1S/C16H16N2O2S/c1-10-3-5-11(6-4-10)15-17-18-16(21-15)13-9-12(20-2)7-8-14(13)19/h3-9,16,18-19H,1-2H3/t16-/m0/s1. The van der Waals surface area contributed by atoms with E-state index in [-0.39, 0.29) is 11.1 Å². The summed E-state index contributed by atoms with van der Waals surface area (Å²) in [6.45, 7) is 2.06. The van der Waals surface area contributed by atoms with Crippen LogP contribution in [0.5, 0.6) is 11.5 Å². The number of nitrogens with one attached hydrogen (secondary N) is 1. The molecular weight excluding hydrogens is 284 g/mol. The van der Waals surface area contributed by atoms with Gasteiger partial charge in [0.1, 0.15) is 21.9 Å². The molecule has 0 radical (unpaired) electrons. The van der Waals surface area contributed by atoms with Crippen molar-refractivity contribution in [3.8, 4) is 11.5 Å². The van der Waals surface area contributed by atoms with E-state index in [4.69, 9.17) is 4.74 Å². The molecule has 1 aliphatic rings. The second-order valence-electron chi connectivity index (χ2n) is 4.83. The smallest absolute Gasteiger partial charge is 0.126 e. The van der Waals surface area contributed by atoms with Crippen LogP contribution in [0.25, 0.3) is 0 Å². The highest BCUT2D eigenvalue weighted by Crippen LogP contribution is 2.39. The highest BCUT2D eigenvalue weighted by atomic mass is 32.2. The van der Waals surface area contributed by atoms with Gasteiger partial charge in [-0.25, -0.2) is 0 Å². The first-order chi connectivity index (χ1) is 10.2.